The molecule has 0 fully saturated rings. The highest BCUT2D eigenvalue weighted by molar-refractivity contribution is 5.98. The molecule has 0 aliphatic heterocycles. The van der Waals surface area contributed by atoms with Gasteiger partial charge >= 0.3 is 0 Å². The molecule has 2 nitrogen and oxygen atoms in total. The molecular formula is C20H28O2. The molecule has 0 amide bonds. The van der Waals surface area contributed by atoms with E-state index < -0.39 is 0 Å². The molecule has 1 rings (SSSR count). The Morgan fingerprint density at radius 2 is 2.00 bits per heavy atom. The SMILES string of the molecule is C=C(CCOCCC)C/C(=C/c1ccc(C)cc1C)C(C)=O. The third-order valence-corrected chi connectivity index (χ3v) is 3.60. The van der Waals surface area contributed by atoms with E-state index in [0.717, 1.165) is 36.2 Å². The summed E-state index contributed by atoms with van der Waals surface area (Å²) in [6.45, 7) is 13.4. The first kappa shape index (κ1) is 18.4. The van der Waals surface area contributed by atoms with Gasteiger partial charge in [-0.25, -0.2) is 0 Å². The number of allylic oxidation sites excluding steroid dienone is 1. The molecule has 0 saturated carbocycles. The Balaban J connectivity index is 2.75. The van der Waals surface area contributed by atoms with E-state index in [1.54, 1.807) is 6.92 Å². The van der Waals surface area contributed by atoms with E-state index in [1.807, 2.05) is 6.08 Å². The van der Waals surface area contributed by atoms with E-state index in [0.29, 0.717) is 13.0 Å². The zero-order chi connectivity index (χ0) is 16.5. The lowest BCUT2D eigenvalue weighted by Crippen LogP contribution is -2.02. The van der Waals surface area contributed by atoms with Gasteiger partial charge in [0.15, 0.2) is 5.78 Å². The maximum atomic E-state index is 11.9. The first-order chi connectivity index (χ1) is 10.4. The highest BCUT2D eigenvalue weighted by atomic mass is 16.5. The predicted octanol–water partition coefficient (Wildman–Crippen LogP) is 5.04. The third-order valence-electron chi connectivity index (χ3n) is 3.60. The predicted molar refractivity (Wildman–Crippen MR) is 94.1 cm³/mol. The van der Waals surface area contributed by atoms with Crippen LogP contribution in [0.1, 0.15) is 49.8 Å². The molecule has 0 aromatic heterocycles. The van der Waals surface area contributed by atoms with E-state index in [-0.39, 0.29) is 5.78 Å². The van der Waals surface area contributed by atoms with Crippen LogP contribution in [0.3, 0.4) is 0 Å². The van der Waals surface area contributed by atoms with Gasteiger partial charge in [0.2, 0.25) is 0 Å². The van der Waals surface area contributed by atoms with Gasteiger partial charge in [-0.15, -0.1) is 0 Å². The number of aryl methyl sites for hydroxylation is 2. The Morgan fingerprint density at radius 1 is 1.27 bits per heavy atom. The number of Topliss-reactive ketones (excluding diaryl/α,β-unsaturated/α-hetero) is 1. The minimum Gasteiger partial charge on any atom is -0.381 e. The quantitative estimate of drug-likeness (QED) is 0.363. The molecule has 0 aliphatic rings. The fourth-order valence-electron chi connectivity index (χ4n) is 2.27. The van der Waals surface area contributed by atoms with Gasteiger partial charge in [-0.1, -0.05) is 42.8 Å². The monoisotopic (exact) mass is 300 g/mol. The summed E-state index contributed by atoms with van der Waals surface area (Å²) in [5.74, 6) is 0.107. The molecule has 22 heavy (non-hydrogen) atoms. The Kier molecular flexibility index (Phi) is 7.83. The number of ether oxygens (including phenoxy) is 1. The molecule has 0 bridgehead atoms. The van der Waals surface area contributed by atoms with Crippen LogP contribution in [0.5, 0.6) is 0 Å². The maximum Gasteiger partial charge on any atom is 0.156 e. The van der Waals surface area contributed by atoms with Crippen LogP contribution < -0.4 is 0 Å². The van der Waals surface area contributed by atoms with Crippen molar-refractivity contribution in [2.24, 2.45) is 0 Å². The average Bonchev–Trinajstić information content (AvgIpc) is 2.45. The molecule has 0 aliphatic carbocycles. The molecule has 2 heteroatoms. The van der Waals surface area contributed by atoms with Crippen molar-refractivity contribution < 1.29 is 9.53 Å². The van der Waals surface area contributed by atoms with Crippen LogP contribution in [0.25, 0.3) is 6.08 Å². The molecule has 1 aromatic carbocycles. The van der Waals surface area contributed by atoms with Crippen LogP contribution >= 0.6 is 0 Å². The van der Waals surface area contributed by atoms with Crippen molar-refractivity contribution in [2.75, 3.05) is 13.2 Å². The molecule has 0 unspecified atom stereocenters. The highest BCUT2D eigenvalue weighted by Gasteiger charge is 2.08. The Hall–Kier alpha value is -1.67. The van der Waals surface area contributed by atoms with Crippen molar-refractivity contribution >= 4 is 11.9 Å². The summed E-state index contributed by atoms with van der Waals surface area (Å²) in [5, 5.41) is 0. The molecule has 0 N–H and O–H groups in total. The largest absolute Gasteiger partial charge is 0.381 e. The van der Waals surface area contributed by atoms with Gasteiger partial charge in [0.05, 0.1) is 6.61 Å². The Morgan fingerprint density at radius 3 is 2.59 bits per heavy atom. The van der Waals surface area contributed by atoms with Crippen molar-refractivity contribution in [3.05, 3.63) is 52.6 Å². The fraction of sp³-hybridized carbons (Fsp3) is 0.450. The number of benzene rings is 1. The van der Waals surface area contributed by atoms with E-state index in [2.05, 4.69) is 45.5 Å². The van der Waals surface area contributed by atoms with Crippen LogP contribution in [0, 0.1) is 13.8 Å². The highest BCUT2D eigenvalue weighted by Crippen LogP contribution is 2.20. The van der Waals surface area contributed by atoms with E-state index in [1.165, 1.54) is 11.1 Å². The second-order valence-corrected chi connectivity index (χ2v) is 5.87. The van der Waals surface area contributed by atoms with E-state index in [9.17, 15) is 4.79 Å². The van der Waals surface area contributed by atoms with Crippen molar-refractivity contribution in [1.82, 2.24) is 0 Å². The molecule has 0 heterocycles. The lowest BCUT2D eigenvalue weighted by atomic mass is 9.97. The van der Waals surface area contributed by atoms with Crippen molar-refractivity contribution in [2.45, 2.75) is 47.0 Å². The lowest BCUT2D eigenvalue weighted by Gasteiger charge is -2.10. The lowest BCUT2D eigenvalue weighted by molar-refractivity contribution is -0.113. The standard InChI is InChI=1S/C20H28O2/c1-6-10-22-11-9-16(3)13-20(18(5)21)14-19-8-7-15(2)12-17(19)4/h7-8,12,14H,3,6,9-11,13H2,1-2,4-5H3/b20-14-. The number of hydrogen-bond acceptors (Lipinski definition) is 2. The summed E-state index contributed by atoms with van der Waals surface area (Å²) in [4.78, 5) is 11.9. The summed E-state index contributed by atoms with van der Waals surface area (Å²) in [5.41, 5.74) is 5.38. The normalized spacial score (nSPS) is 11.5. The second kappa shape index (κ2) is 9.37. The van der Waals surface area contributed by atoms with Gasteiger partial charge in [0, 0.05) is 6.61 Å². The Labute approximate surface area is 134 Å². The van der Waals surface area contributed by atoms with Gasteiger partial charge in [-0.2, -0.15) is 0 Å². The van der Waals surface area contributed by atoms with Crippen molar-refractivity contribution in [3.63, 3.8) is 0 Å². The average molecular weight is 300 g/mol. The molecule has 120 valence electrons. The van der Waals surface area contributed by atoms with Crippen LogP contribution in [0.4, 0.5) is 0 Å². The second-order valence-electron chi connectivity index (χ2n) is 5.87. The van der Waals surface area contributed by atoms with Crippen LogP contribution in [0.2, 0.25) is 0 Å². The molecular weight excluding hydrogens is 272 g/mol. The molecule has 0 radical (unpaired) electrons. The minimum atomic E-state index is 0.107. The zero-order valence-electron chi connectivity index (χ0n) is 14.4. The van der Waals surface area contributed by atoms with Crippen molar-refractivity contribution in [3.8, 4) is 0 Å². The molecule has 1 aromatic rings. The van der Waals surface area contributed by atoms with Gasteiger partial charge < -0.3 is 4.74 Å². The summed E-state index contributed by atoms with van der Waals surface area (Å²) in [6, 6.07) is 6.28. The first-order valence-corrected chi connectivity index (χ1v) is 7.97. The van der Waals surface area contributed by atoms with Gasteiger partial charge in [-0.05, 0) is 62.8 Å². The van der Waals surface area contributed by atoms with Gasteiger partial charge in [-0.3, -0.25) is 4.79 Å². The van der Waals surface area contributed by atoms with Gasteiger partial charge in [0.25, 0.3) is 0 Å². The molecule has 0 saturated heterocycles. The van der Waals surface area contributed by atoms with E-state index >= 15 is 0 Å². The van der Waals surface area contributed by atoms with Crippen molar-refractivity contribution in [1.29, 1.82) is 0 Å². The fourth-order valence-corrected chi connectivity index (χ4v) is 2.27. The summed E-state index contributed by atoms with van der Waals surface area (Å²) in [6.07, 6.45) is 4.45. The zero-order valence-corrected chi connectivity index (χ0v) is 14.4. The topological polar surface area (TPSA) is 26.3 Å². The van der Waals surface area contributed by atoms with Gasteiger partial charge in [0.1, 0.15) is 0 Å². The van der Waals surface area contributed by atoms with E-state index in [4.69, 9.17) is 4.74 Å². The number of ketones is 1. The summed E-state index contributed by atoms with van der Waals surface area (Å²) in [7, 11) is 0. The summed E-state index contributed by atoms with van der Waals surface area (Å²) >= 11 is 0. The number of hydrogen-bond donors (Lipinski definition) is 0. The first-order valence-electron chi connectivity index (χ1n) is 7.97. The number of carbonyl (C=O) groups is 1. The molecule has 0 atom stereocenters. The summed E-state index contributed by atoms with van der Waals surface area (Å²) < 4.78 is 5.48. The minimum absolute atomic E-state index is 0.107. The third kappa shape index (κ3) is 6.40. The van der Waals surface area contributed by atoms with Crippen LogP contribution in [-0.2, 0) is 9.53 Å². The smallest absolute Gasteiger partial charge is 0.156 e. The number of carbonyl (C=O) groups excluding carboxylic acids is 1. The maximum absolute atomic E-state index is 11.9. The number of rotatable bonds is 9. The molecule has 0 spiro atoms. The van der Waals surface area contributed by atoms with Crippen LogP contribution in [-0.4, -0.2) is 19.0 Å². The Bertz CT molecular complexity index is 553. The van der Waals surface area contributed by atoms with Crippen LogP contribution in [0.15, 0.2) is 35.9 Å².